The van der Waals surface area contributed by atoms with E-state index < -0.39 is 0 Å². The molecule has 0 unspecified atom stereocenters. The topological polar surface area (TPSA) is 9.72 Å². The van der Waals surface area contributed by atoms with Gasteiger partial charge in [0.2, 0.25) is 0 Å². The molecule has 2 rings (SSSR count). The van der Waals surface area contributed by atoms with Gasteiger partial charge >= 0.3 is 0 Å². The van der Waals surface area contributed by atoms with Crippen molar-refractivity contribution in [3.63, 3.8) is 0 Å². The predicted molar refractivity (Wildman–Crippen MR) is 114 cm³/mol. The van der Waals surface area contributed by atoms with E-state index in [0.717, 1.165) is 13.1 Å². The molecular formula is C22H43N3. The van der Waals surface area contributed by atoms with Crippen LogP contribution in [0.15, 0.2) is 36.8 Å². The van der Waals surface area contributed by atoms with Crippen LogP contribution in [-0.4, -0.2) is 54.0 Å². The van der Waals surface area contributed by atoms with Gasteiger partial charge in [0, 0.05) is 39.3 Å². The minimum atomic E-state index is 1.11. The van der Waals surface area contributed by atoms with Crippen molar-refractivity contribution in [1.82, 2.24) is 14.7 Å². The average molecular weight is 350 g/mol. The molecular weight excluding hydrogens is 306 g/mol. The van der Waals surface area contributed by atoms with Crippen molar-refractivity contribution in [1.29, 1.82) is 0 Å². The Kier molecular flexibility index (Phi) is 16.5. The van der Waals surface area contributed by atoms with Crippen LogP contribution in [0.1, 0.15) is 66.7 Å². The molecule has 0 aromatic rings. The maximum atomic E-state index is 2.39. The minimum absolute atomic E-state index is 1.11. The van der Waals surface area contributed by atoms with E-state index in [-0.39, 0.29) is 0 Å². The molecule has 0 saturated carbocycles. The summed E-state index contributed by atoms with van der Waals surface area (Å²) in [7, 11) is 0. The maximum Gasteiger partial charge on any atom is 0.0173 e. The molecule has 146 valence electrons. The first-order valence-corrected chi connectivity index (χ1v) is 10.3. The smallest absolute Gasteiger partial charge is 0.0173 e. The van der Waals surface area contributed by atoms with Gasteiger partial charge in [0.1, 0.15) is 0 Å². The molecule has 0 aromatic carbocycles. The molecule has 0 atom stereocenters. The molecule has 0 radical (unpaired) electrons. The Hall–Kier alpha value is -1.38. The van der Waals surface area contributed by atoms with Crippen LogP contribution in [-0.2, 0) is 0 Å². The Morgan fingerprint density at radius 3 is 1.32 bits per heavy atom. The first-order chi connectivity index (χ1) is 12.2. The second-order valence-corrected chi connectivity index (χ2v) is 6.51. The lowest BCUT2D eigenvalue weighted by atomic mass is 10.1. The van der Waals surface area contributed by atoms with Gasteiger partial charge in [-0.3, -0.25) is 0 Å². The lowest BCUT2D eigenvalue weighted by Crippen LogP contribution is -2.23. The van der Waals surface area contributed by atoms with E-state index in [4.69, 9.17) is 0 Å². The second kappa shape index (κ2) is 17.4. The quantitative estimate of drug-likeness (QED) is 0.650. The number of hydrogen-bond donors (Lipinski definition) is 0. The number of likely N-dealkylation sites (tertiary alicyclic amines) is 2. The molecule has 2 fully saturated rings. The lowest BCUT2D eigenvalue weighted by molar-refractivity contribution is 0.309. The molecule has 2 aliphatic rings. The third-order valence-corrected chi connectivity index (χ3v) is 4.42. The molecule has 2 aliphatic heterocycles. The van der Waals surface area contributed by atoms with E-state index in [2.05, 4.69) is 79.2 Å². The van der Waals surface area contributed by atoms with Crippen LogP contribution in [0.5, 0.6) is 0 Å². The molecule has 3 heteroatoms. The van der Waals surface area contributed by atoms with E-state index in [1.807, 2.05) is 6.92 Å². The second-order valence-electron chi connectivity index (χ2n) is 6.51. The molecule has 0 aromatic heterocycles. The normalized spacial score (nSPS) is 17.6. The van der Waals surface area contributed by atoms with Crippen LogP contribution in [0.2, 0.25) is 0 Å². The zero-order valence-electron chi connectivity index (χ0n) is 17.6. The summed E-state index contributed by atoms with van der Waals surface area (Å²) in [6.45, 7) is 17.8. The maximum absolute atomic E-state index is 2.39. The van der Waals surface area contributed by atoms with Crippen LogP contribution in [0.4, 0.5) is 0 Å². The summed E-state index contributed by atoms with van der Waals surface area (Å²) >= 11 is 0. The summed E-state index contributed by atoms with van der Waals surface area (Å²) in [5.74, 6) is 0. The Morgan fingerprint density at radius 2 is 1.04 bits per heavy atom. The summed E-state index contributed by atoms with van der Waals surface area (Å²) in [6, 6.07) is 0. The van der Waals surface area contributed by atoms with Crippen LogP contribution >= 0.6 is 0 Å². The van der Waals surface area contributed by atoms with Crippen molar-refractivity contribution in [2.24, 2.45) is 0 Å². The fourth-order valence-corrected chi connectivity index (χ4v) is 3.02. The highest BCUT2D eigenvalue weighted by Crippen LogP contribution is 2.08. The summed E-state index contributed by atoms with van der Waals surface area (Å²) in [4.78, 5) is 7.00. The zero-order chi connectivity index (χ0) is 18.8. The Balaban J connectivity index is 0.000000347. The van der Waals surface area contributed by atoms with E-state index in [1.54, 1.807) is 0 Å². The van der Waals surface area contributed by atoms with Gasteiger partial charge in [-0.1, -0.05) is 18.2 Å². The lowest BCUT2D eigenvalue weighted by Gasteiger charge is -2.24. The highest BCUT2D eigenvalue weighted by Gasteiger charge is 2.05. The summed E-state index contributed by atoms with van der Waals surface area (Å²) in [5.41, 5.74) is 0. The highest BCUT2D eigenvalue weighted by molar-refractivity contribution is 4.81. The van der Waals surface area contributed by atoms with Gasteiger partial charge in [-0.2, -0.15) is 0 Å². The number of nitrogens with zero attached hydrogens (tertiary/aromatic N) is 3. The fourth-order valence-electron chi connectivity index (χ4n) is 3.02. The van der Waals surface area contributed by atoms with Crippen molar-refractivity contribution in [2.75, 3.05) is 39.3 Å². The minimum Gasteiger partial charge on any atom is -0.378 e. The standard InChI is InChI=1S/C8H15N.C7H13N.C7H15N/c1-2-6-9-7-4-3-5-8-9;1-2-5-8-6-3-4-7-8;1-4-7-8(5-2)6-3/h2,6H,3-5,7-8H2,1H3;2,5H,3-4,6-7H2,1H3;4,7H,5-6H2,1-3H3/b6-2+;5-2+;7-4+. The predicted octanol–water partition coefficient (Wildman–Crippen LogP) is 5.48. The third-order valence-electron chi connectivity index (χ3n) is 4.42. The largest absolute Gasteiger partial charge is 0.378 e. The van der Waals surface area contributed by atoms with E-state index in [0.29, 0.717) is 0 Å². The van der Waals surface area contributed by atoms with Gasteiger partial charge in [0.05, 0.1) is 0 Å². The van der Waals surface area contributed by atoms with Crippen molar-refractivity contribution < 1.29 is 0 Å². The fraction of sp³-hybridized carbons (Fsp3) is 0.727. The van der Waals surface area contributed by atoms with Crippen LogP contribution < -0.4 is 0 Å². The van der Waals surface area contributed by atoms with E-state index in [9.17, 15) is 0 Å². The summed E-state index contributed by atoms with van der Waals surface area (Å²) in [6.07, 6.45) is 19.7. The monoisotopic (exact) mass is 349 g/mol. The number of rotatable bonds is 5. The van der Waals surface area contributed by atoms with Gasteiger partial charge in [0.15, 0.2) is 0 Å². The first kappa shape index (κ1) is 23.6. The molecule has 0 amide bonds. The Morgan fingerprint density at radius 1 is 0.640 bits per heavy atom. The number of piperidine rings is 1. The molecule has 0 aliphatic carbocycles. The molecule has 0 spiro atoms. The van der Waals surface area contributed by atoms with Gasteiger partial charge in [-0.25, -0.2) is 0 Å². The van der Waals surface area contributed by atoms with Crippen LogP contribution in [0.25, 0.3) is 0 Å². The molecule has 0 N–H and O–H groups in total. The van der Waals surface area contributed by atoms with E-state index in [1.165, 1.54) is 58.3 Å². The molecule has 2 heterocycles. The third kappa shape index (κ3) is 13.6. The van der Waals surface area contributed by atoms with Gasteiger partial charge in [0.25, 0.3) is 0 Å². The Labute approximate surface area is 158 Å². The Bertz CT molecular complexity index is 334. The first-order valence-electron chi connectivity index (χ1n) is 10.3. The van der Waals surface area contributed by atoms with Crippen molar-refractivity contribution in [3.05, 3.63) is 36.8 Å². The SMILES string of the molecule is C/C=C/N(CC)CC.C/C=C/N1CCCC1.C/C=C/N1CCCCC1. The molecule has 0 bridgehead atoms. The molecule has 25 heavy (non-hydrogen) atoms. The average Bonchev–Trinajstić information content (AvgIpc) is 3.16. The number of hydrogen-bond acceptors (Lipinski definition) is 3. The van der Waals surface area contributed by atoms with Crippen molar-refractivity contribution in [3.8, 4) is 0 Å². The summed E-state index contributed by atoms with van der Waals surface area (Å²) in [5, 5.41) is 0. The van der Waals surface area contributed by atoms with Crippen molar-refractivity contribution >= 4 is 0 Å². The van der Waals surface area contributed by atoms with Gasteiger partial charge in [-0.15, -0.1) is 0 Å². The van der Waals surface area contributed by atoms with Gasteiger partial charge in [-0.05, 0) is 85.3 Å². The summed E-state index contributed by atoms with van der Waals surface area (Å²) < 4.78 is 0. The van der Waals surface area contributed by atoms with Gasteiger partial charge < -0.3 is 14.7 Å². The number of allylic oxidation sites excluding steroid dienone is 3. The van der Waals surface area contributed by atoms with Crippen LogP contribution in [0, 0.1) is 0 Å². The highest BCUT2D eigenvalue weighted by atomic mass is 15.1. The van der Waals surface area contributed by atoms with E-state index >= 15 is 0 Å². The molecule has 3 nitrogen and oxygen atoms in total. The van der Waals surface area contributed by atoms with Crippen molar-refractivity contribution in [2.45, 2.75) is 66.7 Å². The molecule has 2 saturated heterocycles. The zero-order valence-corrected chi connectivity index (χ0v) is 17.6. The van der Waals surface area contributed by atoms with Crippen LogP contribution in [0.3, 0.4) is 0 Å².